The van der Waals surface area contributed by atoms with Crippen LogP contribution in [0.5, 0.6) is 0 Å². The van der Waals surface area contributed by atoms with E-state index in [1.807, 2.05) is 0 Å². The Morgan fingerprint density at radius 3 is 2.75 bits per heavy atom. The van der Waals surface area contributed by atoms with E-state index < -0.39 is 5.72 Å². The van der Waals surface area contributed by atoms with Crippen LogP contribution in [-0.2, 0) is 9.53 Å². The molecule has 4 nitrogen and oxygen atoms in total. The van der Waals surface area contributed by atoms with Crippen molar-refractivity contribution in [1.29, 1.82) is 0 Å². The predicted octanol–water partition coefficient (Wildman–Crippen LogP) is 0.201. The van der Waals surface area contributed by atoms with Crippen molar-refractivity contribution in [2.75, 3.05) is 6.61 Å². The summed E-state index contributed by atoms with van der Waals surface area (Å²) in [6, 6.07) is 0. The van der Waals surface area contributed by atoms with Gasteiger partial charge in [-0.1, -0.05) is 0 Å². The fourth-order valence-corrected chi connectivity index (χ4v) is 0.677. The maximum atomic E-state index is 10.8. The molecule has 0 aliphatic carbocycles. The predicted molar refractivity (Wildman–Crippen MR) is 45.0 cm³/mol. The van der Waals surface area contributed by atoms with E-state index in [4.69, 9.17) is 5.73 Å². The van der Waals surface area contributed by atoms with Gasteiger partial charge in [-0.3, -0.25) is 4.79 Å². The van der Waals surface area contributed by atoms with Crippen molar-refractivity contribution in [3.8, 4) is 0 Å². The van der Waals surface area contributed by atoms with Crippen LogP contribution in [0, 0.1) is 6.92 Å². The molecule has 0 aromatic heterocycles. The van der Waals surface area contributed by atoms with Crippen LogP contribution in [0.2, 0.25) is 0 Å². The van der Waals surface area contributed by atoms with Gasteiger partial charge in [-0.2, -0.15) is 0 Å². The second kappa shape index (κ2) is 5.11. The number of nitrogens with two attached hydrogens (primary N) is 1. The Bertz CT molecular complexity index is 145. The molecule has 0 saturated heterocycles. The highest BCUT2D eigenvalue weighted by Crippen LogP contribution is 2.09. The number of ether oxygens (including phenoxy) is 1. The molecule has 0 aliphatic rings. The van der Waals surface area contributed by atoms with E-state index in [1.165, 1.54) is 0 Å². The summed E-state index contributed by atoms with van der Waals surface area (Å²) in [6.07, 6.45) is 0.512. The van der Waals surface area contributed by atoms with Gasteiger partial charge in [-0.25, -0.2) is 0 Å². The molecule has 1 unspecified atom stereocenters. The number of carbonyl (C=O) groups excluding carboxylic acids is 1. The van der Waals surface area contributed by atoms with Gasteiger partial charge < -0.3 is 15.6 Å². The molecule has 0 aromatic rings. The van der Waals surface area contributed by atoms with Crippen LogP contribution in [0.15, 0.2) is 0 Å². The first-order chi connectivity index (χ1) is 5.52. The zero-order chi connectivity index (χ0) is 9.61. The highest BCUT2D eigenvalue weighted by atomic mass is 16.5. The van der Waals surface area contributed by atoms with E-state index in [0.717, 1.165) is 0 Å². The molecule has 12 heavy (non-hydrogen) atoms. The van der Waals surface area contributed by atoms with Crippen LogP contribution in [-0.4, -0.2) is 23.4 Å². The number of esters is 1. The largest absolute Gasteiger partial charge is 0.466 e. The second-order valence-corrected chi connectivity index (χ2v) is 2.66. The number of aliphatic hydroxyl groups is 1. The lowest BCUT2D eigenvalue weighted by molar-refractivity contribution is -0.144. The standard InChI is InChI=1S/C8H16NO3/c1-3-8(9,11)6-5-7(10)12-4-2/h11H,1,3-6,9H2,2H3. The van der Waals surface area contributed by atoms with Crippen LogP contribution in [0.1, 0.15) is 26.2 Å². The van der Waals surface area contributed by atoms with E-state index in [2.05, 4.69) is 11.7 Å². The first kappa shape index (κ1) is 11.4. The minimum atomic E-state index is -1.34. The summed E-state index contributed by atoms with van der Waals surface area (Å²) >= 11 is 0. The number of carbonyl (C=O) groups is 1. The third-order valence-corrected chi connectivity index (χ3v) is 1.50. The van der Waals surface area contributed by atoms with Crippen LogP contribution < -0.4 is 5.73 Å². The molecule has 0 spiro atoms. The summed E-state index contributed by atoms with van der Waals surface area (Å²) in [5.74, 6) is -0.338. The molecule has 0 rings (SSSR count). The maximum absolute atomic E-state index is 10.8. The Kier molecular flexibility index (Phi) is 4.85. The zero-order valence-corrected chi connectivity index (χ0v) is 7.38. The molecule has 0 aromatic carbocycles. The van der Waals surface area contributed by atoms with Crippen LogP contribution >= 0.6 is 0 Å². The SMILES string of the molecule is [CH2]CC(N)(O)CCC(=O)OCC. The van der Waals surface area contributed by atoms with Crippen molar-refractivity contribution in [1.82, 2.24) is 0 Å². The molecule has 4 heteroatoms. The van der Waals surface area contributed by atoms with Crippen molar-refractivity contribution in [3.05, 3.63) is 6.92 Å². The molecule has 3 N–H and O–H groups in total. The molecule has 0 fully saturated rings. The Balaban J connectivity index is 3.60. The zero-order valence-electron chi connectivity index (χ0n) is 7.38. The van der Waals surface area contributed by atoms with Gasteiger partial charge in [0.15, 0.2) is 0 Å². The Morgan fingerprint density at radius 2 is 2.33 bits per heavy atom. The van der Waals surface area contributed by atoms with E-state index in [1.54, 1.807) is 6.92 Å². The molecule has 0 heterocycles. The number of hydrogen-bond acceptors (Lipinski definition) is 4. The van der Waals surface area contributed by atoms with Crippen molar-refractivity contribution >= 4 is 5.97 Å². The highest BCUT2D eigenvalue weighted by molar-refractivity contribution is 5.69. The Labute approximate surface area is 72.7 Å². The minimum absolute atomic E-state index is 0.135. The summed E-state index contributed by atoms with van der Waals surface area (Å²) < 4.78 is 4.66. The van der Waals surface area contributed by atoms with Gasteiger partial charge in [0.25, 0.3) is 0 Å². The fraction of sp³-hybridized carbons (Fsp3) is 0.750. The summed E-state index contributed by atoms with van der Waals surface area (Å²) in [6.45, 7) is 5.54. The third-order valence-electron chi connectivity index (χ3n) is 1.50. The molecule has 0 aliphatic heterocycles. The number of rotatable bonds is 5. The van der Waals surface area contributed by atoms with E-state index in [0.29, 0.717) is 6.61 Å². The van der Waals surface area contributed by atoms with Gasteiger partial charge in [-0.15, -0.1) is 0 Å². The van der Waals surface area contributed by atoms with Crippen LogP contribution in [0.25, 0.3) is 0 Å². The summed E-state index contributed by atoms with van der Waals surface area (Å²) in [4.78, 5) is 10.8. The van der Waals surface area contributed by atoms with Crippen molar-refractivity contribution in [2.24, 2.45) is 5.73 Å². The van der Waals surface area contributed by atoms with E-state index in [9.17, 15) is 9.90 Å². The lowest BCUT2D eigenvalue weighted by atomic mass is 10.1. The Hall–Kier alpha value is -0.610. The highest BCUT2D eigenvalue weighted by Gasteiger charge is 2.19. The molecule has 0 bridgehead atoms. The van der Waals surface area contributed by atoms with Crippen LogP contribution in [0.4, 0.5) is 0 Å². The van der Waals surface area contributed by atoms with Gasteiger partial charge in [-0.05, 0) is 26.7 Å². The first-order valence-corrected chi connectivity index (χ1v) is 3.98. The van der Waals surface area contributed by atoms with Gasteiger partial charge in [0.2, 0.25) is 0 Å². The average Bonchev–Trinajstić information content (AvgIpc) is 2.02. The average molecular weight is 174 g/mol. The molecule has 1 atom stereocenters. The summed E-state index contributed by atoms with van der Waals surface area (Å²) in [5.41, 5.74) is 4.01. The minimum Gasteiger partial charge on any atom is -0.466 e. The van der Waals surface area contributed by atoms with Crippen molar-refractivity contribution < 1.29 is 14.6 Å². The molecule has 0 saturated carbocycles. The second-order valence-electron chi connectivity index (χ2n) is 2.66. The molecular formula is C8H16NO3. The topological polar surface area (TPSA) is 72.5 Å². The van der Waals surface area contributed by atoms with Crippen molar-refractivity contribution in [2.45, 2.75) is 31.9 Å². The van der Waals surface area contributed by atoms with Crippen molar-refractivity contribution in [3.63, 3.8) is 0 Å². The number of hydrogen-bond donors (Lipinski definition) is 2. The molecular weight excluding hydrogens is 158 g/mol. The van der Waals surface area contributed by atoms with Gasteiger partial charge >= 0.3 is 5.97 Å². The molecule has 71 valence electrons. The smallest absolute Gasteiger partial charge is 0.305 e. The van der Waals surface area contributed by atoms with Gasteiger partial charge in [0, 0.05) is 6.42 Å². The van der Waals surface area contributed by atoms with Gasteiger partial charge in [0.1, 0.15) is 5.72 Å². The van der Waals surface area contributed by atoms with E-state index >= 15 is 0 Å². The summed E-state index contributed by atoms with van der Waals surface area (Å²) in [5, 5.41) is 9.25. The maximum Gasteiger partial charge on any atom is 0.305 e. The van der Waals surface area contributed by atoms with Crippen LogP contribution in [0.3, 0.4) is 0 Å². The lowest BCUT2D eigenvalue weighted by Crippen LogP contribution is -2.39. The molecule has 0 amide bonds. The quantitative estimate of drug-likeness (QED) is 0.461. The Morgan fingerprint density at radius 1 is 1.75 bits per heavy atom. The van der Waals surface area contributed by atoms with Gasteiger partial charge in [0.05, 0.1) is 6.61 Å². The van der Waals surface area contributed by atoms with E-state index in [-0.39, 0.29) is 25.2 Å². The third kappa shape index (κ3) is 5.09. The summed E-state index contributed by atoms with van der Waals surface area (Å²) in [7, 11) is 0. The monoisotopic (exact) mass is 174 g/mol. The fourth-order valence-electron chi connectivity index (χ4n) is 0.677. The first-order valence-electron chi connectivity index (χ1n) is 3.98. The normalized spacial score (nSPS) is 15.3. The lowest BCUT2D eigenvalue weighted by Gasteiger charge is -2.19. The molecule has 1 radical (unpaired) electrons.